The van der Waals surface area contributed by atoms with Crippen molar-refractivity contribution >= 4 is 29.0 Å². The second-order valence-electron chi connectivity index (χ2n) is 6.94. The third-order valence-electron chi connectivity index (χ3n) is 5.42. The molecule has 6 nitrogen and oxygen atoms in total. The van der Waals surface area contributed by atoms with Gasteiger partial charge in [0.2, 0.25) is 0 Å². The van der Waals surface area contributed by atoms with Crippen LogP contribution in [0.25, 0.3) is 0 Å². The van der Waals surface area contributed by atoms with E-state index in [2.05, 4.69) is 4.90 Å². The number of methoxy groups -OCH3 is 2. The van der Waals surface area contributed by atoms with Crippen molar-refractivity contribution in [2.24, 2.45) is 0 Å². The fourth-order valence-electron chi connectivity index (χ4n) is 4.04. The van der Waals surface area contributed by atoms with Gasteiger partial charge in [0.1, 0.15) is 11.5 Å². The molecule has 2 heterocycles. The lowest BCUT2D eigenvalue weighted by atomic mass is 10.0. The zero-order valence-electron chi connectivity index (χ0n) is 15.8. The topological polar surface area (TPSA) is 59.1 Å². The highest BCUT2D eigenvalue weighted by molar-refractivity contribution is 6.52. The summed E-state index contributed by atoms with van der Waals surface area (Å²) in [7, 11) is 3.26. The average Bonchev–Trinajstić information content (AvgIpc) is 3.26. The summed E-state index contributed by atoms with van der Waals surface area (Å²) in [4.78, 5) is 28.7. The number of benzene rings is 2. The molecule has 0 aromatic heterocycles. The second-order valence-corrected chi connectivity index (χ2v) is 7.38. The van der Waals surface area contributed by atoms with Gasteiger partial charge >= 0.3 is 5.91 Å². The van der Waals surface area contributed by atoms with Crippen molar-refractivity contribution in [1.82, 2.24) is 4.90 Å². The quantitative estimate of drug-likeness (QED) is 0.716. The van der Waals surface area contributed by atoms with Crippen molar-refractivity contribution in [3.63, 3.8) is 0 Å². The molecule has 1 amide bonds. The van der Waals surface area contributed by atoms with Crippen LogP contribution in [-0.2, 0) is 4.79 Å². The number of likely N-dealkylation sites (tertiary alicyclic amines) is 1. The minimum Gasteiger partial charge on any atom is -0.497 e. The van der Waals surface area contributed by atoms with Crippen molar-refractivity contribution in [1.29, 1.82) is 0 Å². The number of Topliss-reactive ketones (excluding diaryl/α,β-unsaturated/α-hetero) is 1. The molecule has 28 heavy (non-hydrogen) atoms. The first-order valence-corrected chi connectivity index (χ1v) is 9.53. The summed E-state index contributed by atoms with van der Waals surface area (Å²) in [6.07, 6.45) is 1.95. The van der Waals surface area contributed by atoms with E-state index in [1.165, 1.54) is 0 Å². The Bertz CT molecular complexity index is 946. The smallest absolute Gasteiger partial charge is 0.300 e. The Morgan fingerprint density at radius 2 is 1.93 bits per heavy atom. The Morgan fingerprint density at radius 3 is 2.68 bits per heavy atom. The first-order valence-electron chi connectivity index (χ1n) is 9.15. The summed E-state index contributed by atoms with van der Waals surface area (Å²) in [5.74, 6) is 0.475. The summed E-state index contributed by atoms with van der Waals surface area (Å²) in [5.41, 5.74) is 2.04. The van der Waals surface area contributed by atoms with Crippen molar-refractivity contribution in [2.75, 3.05) is 32.3 Å². The average molecular weight is 401 g/mol. The Balaban J connectivity index is 1.62. The van der Waals surface area contributed by atoms with Gasteiger partial charge in [0.15, 0.2) is 0 Å². The number of halogens is 1. The predicted molar refractivity (Wildman–Crippen MR) is 106 cm³/mol. The molecule has 0 N–H and O–H groups in total. The van der Waals surface area contributed by atoms with Gasteiger partial charge in [-0.2, -0.15) is 0 Å². The van der Waals surface area contributed by atoms with Crippen LogP contribution in [0.4, 0.5) is 5.69 Å². The number of nitrogens with zero attached hydrogens (tertiary/aromatic N) is 2. The van der Waals surface area contributed by atoms with Crippen LogP contribution in [0.5, 0.6) is 11.5 Å². The van der Waals surface area contributed by atoms with E-state index >= 15 is 0 Å². The number of anilines is 1. The minimum atomic E-state index is -0.510. The van der Waals surface area contributed by atoms with Crippen LogP contribution in [0.3, 0.4) is 0 Å². The van der Waals surface area contributed by atoms with E-state index in [1.54, 1.807) is 37.3 Å². The highest BCUT2D eigenvalue weighted by atomic mass is 35.5. The van der Waals surface area contributed by atoms with E-state index in [4.69, 9.17) is 21.1 Å². The number of ketones is 1. The van der Waals surface area contributed by atoms with Gasteiger partial charge in [-0.1, -0.05) is 17.7 Å². The molecule has 0 aliphatic carbocycles. The first-order chi connectivity index (χ1) is 13.5. The molecule has 2 aromatic carbocycles. The van der Waals surface area contributed by atoms with Crippen molar-refractivity contribution < 1.29 is 19.1 Å². The normalized spacial score (nSPS) is 19.2. The van der Waals surface area contributed by atoms with Gasteiger partial charge in [-0.15, -0.1) is 0 Å². The fourth-order valence-corrected chi connectivity index (χ4v) is 4.21. The molecule has 0 bridgehead atoms. The van der Waals surface area contributed by atoms with Crippen molar-refractivity contribution in [2.45, 2.75) is 18.9 Å². The molecule has 2 aliphatic rings. The lowest BCUT2D eigenvalue weighted by Crippen LogP contribution is -2.40. The van der Waals surface area contributed by atoms with Crippen LogP contribution < -0.4 is 14.4 Å². The van der Waals surface area contributed by atoms with Gasteiger partial charge in [-0.05, 0) is 37.1 Å². The van der Waals surface area contributed by atoms with Gasteiger partial charge in [0.25, 0.3) is 5.78 Å². The van der Waals surface area contributed by atoms with Gasteiger partial charge in [-0.3, -0.25) is 19.4 Å². The zero-order chi connectivity index (χ0) is 19.8. The van der Waals surface area contributed by atoms with Gasteiger partial charge < -0.3 is 9.47 Å². The Morgan fingerprint density at radius 1 is 1.11 bits per heavy atom. The maximum atomic E-state index is 12.6. The molecule has 2 aromatic rings. The summed E-state index contributed by atoms with van der Waals surface area (Å²) in [6, 6.07) is 10.9. The molecule has 0 saturated carbocycles. The Kier molecular flexibility index (Phi) is 5.00. The van der Waals surface area contributed by atoms with E-state index in [0.29, 0.717) is 22.9 Å². The van der Waals surface area contributed by atoms with E-state index in [-0.39, 0.29) is 6.04 Å². The number of carbonyl (C=O) groups is 2. The molecule has 1 atom stereocenters. The number of hydrogen-bond acceptors (Lipinski definition) is 5. The predicted octanol–water partition coefficient (Wildman–Crippen LogP) is 3.68. The molecule has 1 fully saturated rings. The highest BCUT2D eigenvalue weighted by Gasteiger charge is 2.39. The van der Waals surface area contributed by atoms with Crippen LogP contribution in [0.2, 0.25) is 5.02 Å². The third kappa shape index (κ3) is 3.12. The SMILES string of the molecule is COc1ccc([C@@H]2CCCN2CN2C(=O)C(=O)c3cc(Cl)ccc32)c(OC)c1. The molecular weight excluding hydrogens is 380 g/mol. The van der Waals surface area contributed by atoms with Crippen LogP contribution in [0.15, 0.2) is 36.4 Å². The standard InChI is InChI=1S/C21H21ClN2O4/c1-27-14-6-7-15(19(11-14)28-2)17-4-3-9-23(17)12-24-18-8-5-13(22)10-16(18)20(25)21(24)26/h5-8,10-11,17H,3-4,9,12H2,1-2H3/t17-/m0/s1. The summed E-state index contributed by atoms with van der Waals surface area (Å²) < 4.78 is 10.9. The fraction of sp³-hybridized carbons (Fsp3) is 0.333. The third-order valence-corrected chi connectivity index (χ3v) is 5.65. The largest absolute Gasteiger partial charge is 0.497 e. The maximum absolute atomic E-state index is 12.6. The highest BCUT2D eigenvalue weighted by Crippen LogP contribution is 2.40. The van der Waals surface area contributed by atoms with Crippen LogP contribution in [-0.4, -0.2) is 44.0 Å². The number of rotatable bonds is 5. The summed E-state index contributed by atoms with van der Waals surface area (Å²) in [5, 5.41) is 0.448. The molecule has 7 heteroatoms. The number of fused-ring (bicyclic) bond motifs is 1. The zero-order valence-corrected chi connectivity index (χ0v) is 16.5. The number of carbonyl (C=O) groups excluding carboxylic acids is 2. The van der Waals surface area contributed by atoms with E-state index in [1.807, 2.05) is 18.2 Å². The lowest BCUT2D eigenvalue weighted by Gasteiger charge is -2.30. The Hall–Kier alpha value is -2.57. The molecule has 0 radical (unpaired) electrons. The van der Waals surface area contributed by atoms with E-state index < -0.39 is 11.7 Å². The lowest BCUT2D eigenvalue weighted by molar-refractivity contribution is -0.114. The van der Waals surface area contributed by atoms with E-state index in [0.717, 1.165) is 36.4 Å². The molecule has 0 unspecified atom stereocenters. The molecule has 0 spiro atoms. The maximum Gasteiger partial charge on any atom is 0.300 e. The Labute approximate surface area is 168 Å². The van der Waals surface area contributed by atoms with Gasteiger partial charge in [0.05, 0.1) is 32.1 Å². The van der Waals surface area contributed by atoms with Gasteiger partial charge in [0, 0.05) is 29.2 Å². The monoisotopic (exact) mass is 400 g/mol. The molecule has 146 valence electrons. The minimum absolute atomic E-state index is 0.0973. The van der Waals surface area contributed by atoms with Crippen molar-refractivity contribution in [3.05, 3.63) is 52.5 Å². The molecular formula is C21H21ClN2O4. The number of amides is 1. The molecule has 1 saturated heterocycles. The van der Waals surface area contributed by atoms with Crippen LogP contribution >= 0.6 is 11.6 Å². The van der Waals surface area contributed by atoms with Crippen LogP contribution in [0, 0.1) is 0 Å². The number of ether oxygens (including phenoxy) is 2. The molecule has 4 rings (SSSR count). The second kappa shape index (κ2) is 7.45. The first kappa shape index (κ1) is 18.8. The summed E-state index contributed by atoms with van der Waals surface area (Å²) in [6.45, 7) is 1.18. The van der Waals surface area contributed by atoms with Crippen LogP contribution in [0.1, 0.15) is 34.8 Å². The van der Waals surface area contributed by atoms with E-state index in [9.17, 15) is 9.59 Å². The van der Waals surface area contributed by atoms with Gasteiger partial charge in [-0.25, -0.2) is 0 Å². The number of hydrogen-bond donors (Lipinski definition) is 0. The summed E-state index contributed by atoms with van der Waals surface area (Å²) >= 11 is 6.00. The molecule has 2 aliphatic heterocycles. The van der Waals surface area contributed by atoms with Crippen molar-refractivity contribution in [3.8, 4) is 11.5 Å².